The van der Waals surface area contributed by atoms with Crippen LogP contribution in [0.4, 0.5) is 8.78 Å². The standard InChI is InChI=1S/C15H19F2NO3/c1-18-15(14(19)20-2)5-3-4-12(9-15)21-13-7-10(16)6-11(17)8-13/h6-8,12,18H,3-5,9H2,1-2H3. The van der Waals surface area contributed by atoms with Crippen LogP contribution in [0.5, 0.6) is 5.75 Å². The zero-order valence-corrected chi connectivity index (χ0v) is 12.1. The van der Waals surface area contributed by atoms with E-state index in [1.807, 2.05) is 0 Å². The molecule has 0 amide bonds. The van der Waals surface area contributed by atoms with E-state index in [1.165, 1.54) is 7.11 Å². The van der Waals surface area contributed by atoms with Gasteiger partial charge in [0, 0.05) is 24.6 Å². The van der Waals surface area contributed by atoms with Crippen molar-refractivity contribution >= 4 is 5.97 Å². The third-order valence-electron chi connectivity index (χ3n) is 3.90. The number of rotatable bonds is 4. The van der Waals surface area contributed by atoms with Crippen molar-refractivity contribution in [2.75, 3.05) is 14.2 Å². The fraction of sp³-hybridized carbons (Fsp3) is 0.533. The summed E-state index contributed by atoms with van der Waals surface area (Å²) in [6.07, 6.45) is 2.23. The lowest BCUT2D eigenvalue weighted by Crippen LogP contribution is -2.55. The van der Waals surface area contributed by atoms with E-state index in [0.29, 0.717) is 12.8 Å². The van der Waals surface area contributed by atoms with Gasteiger partial charge in [-0.1, -0.05) is 0 Å². The lowest BCUT2D eigenvalue weighted by Gasteiger charge is -2.38. The molecule has 116 valence electrons. The molecule has 0 aliphatic heterocycles. The second-order valence-electron chi connectivity index (χ2n) is 5.27. The number of hydrogen-bond acceptors (Lipinski definition) is 4. The van der Waals surface area contributed by atoms with Gasteiger partial charge >= 0.3 is 5.97 Å². The van der Waals surface area contributed by atoms with E-state index in [9.17, 15) is 13.6 Å². The molecule has 0 radical (unpaired) electrons. The molecule has 0 heterocycles. The van der Waals surface area contributed by atoms with Crippen molar-refractivity contribution in [3.8, 4) is 5.75 Å². The average molecular weight is 299 g/mol. The number of carbonyl (C=O) groups is 1. The summed E-state index contributed by atoms with van der Waals surface area (Å²) in [6, 6.07) is 3.06. The molecule has 1 aromatic rings. The minimum absolute atomic E-state index is 0.134. The van der Waals surface area contributed by atoms with Crippen LogP contribution in [0.25, 0.3) is 0 Å². The number of likely N-dealkylation sites (N-methyl/N-ethyl adjacent to an activating group) is 1. The topological polar surface area (TPSA) is 47.6 Å². The fourth-order valence-electron chi connectivity index (χ4n) is 2.82. The van der Waals surface area contributed by atoms with Crippen molar-refractivity contribution < 1.29 is 23.0 Å². The highest BCUT2D eigenvalue weighted by Gasteiger charge is 2.43. The van der Waals surface area contributed by atoms with Gasteiger partial charge in [-0.25, -0.2) is 8.78 Å². The van der Waals surface area contributed by atoms with Gasteiger partial charge in [0.05, 0.1) is 7.11 Å². The van der Waals surface area contributed by atoms with Gasteiger partial charge in [0.15, 0.2) is 0 Å². The Hall–Kier alpha value is -1.69. The SMILES string of the molecule is CNC1(C(=O)OC)CCCC(Oc2cc(F)cc(F)c2)C1. The molecule has 4 nitrogen and oxygen atoms in total. The van der Waals surface area contributed by atoms with Crippen LogP contribution in [-0.2, 0) is 9.53 Å². The third-order valence-corrected chi connectivity index (χ3v) is 3.90. The summed E-state index contributed by atoms with van der Waals surface area (Å²) in [7, 11) is 3.04. The van der Waals surface area contributed by atoms with E-state index in [4.69, 9.17) is 9.47 Å². The van der Waals surface area contributed by atoms with Gasteiger partial charge in [0.25, 0.3) is 0 Å². The molecular formula is C15H19F2NO3. The van der Waals surface area contributed by atoms with Crippen molar-refractivity contribution in [3.63, 3.8) is 0 Å². The Morgan fingerprint density at radius 3 is 2.57 bits per heavy atom. The first-order valence-corrected chi connectivity index (χ1v) is 6.89. The molecule has 6 heteroatoms. The average Bonchev–Trinajstić information content (AvgIpc) is 2.45. The Bertz CT molecular complexity index is 503. The smallest absolute Gasteiger partial charge is 0.326 e. The van der Waals surface area contributed by atoms with Crippen molar-refractivity contribution in [3.05, 3.63) is 29.8 Å². The molecule has 2 atom stereocenters. The summed E-state index contributed by atoms with van der Waals surface area (Å²) >= 11 is 0. The number of nitrogens with one attached hydrogen (secondary N) is 1. The zero-order valence-electron chi connectivity index (χ0n) is 12.1. The molecule has 2 unspecified atom stereocenters. The van der Waals surface area contributed by atoms with Gasteiger partial charge in [-0.2, -0.15) is 0 Å². The van der Waals surface area contributed by atoms with Crippen LogP contribution in [0, 0.1) is 11.6 Å². The molecule has 1 fully saturated rings. The monoisotopic (exact) mass is 299 g/mol. The zero-order chi connectivity index (χ0) is 15.5. The summed E-state index contributed by atoms with van der Waals surface area (Å²) in [5.41, 5.74) is -0.802. The summed E-state index contributed by atoms with van der Waals surface area (Å²) < 4.78 is 36.8. The largest absolute Gasteiger partial charge is 0.490 e. The Labute approximate surface area is 122 Å². The number of carbonyl (C=O) groups excluding carboxylic acids is 1. The first-order valence-electron chi connectivity index (χ1n) is 6.89. The van der Waals surface area contributed by atoms with Gasteiger partial charge in [-0.3, -0.25) is 4.79 Å². The molecule has 1 aromatic carbocycles. The van der Waals surface area contributed by atoms with E-state index >= 15 is 0 Å². The quantitative estimate of drug-likeness (QED) is 0.867. The van der Waals surface area contributed by atoms with Crippen LogP contribution in [0.2, 0.25) is 0 Å². The third kappa shape index (κ3) is 3.50. The molecule has 2 rings (SSSR count). The maximum atomic E-state index is 13.2. The Morgan fingerprint density at radius 1 is 1.33 bits per heavy atom. The predicted molar refractivity (Wildman–Crippen MR) is 73.0 cm³/mol. The van der Waals surface area contributed by atoms with E-state index in [2.05, 4.69) is 5.32 Å². The first kappa shape index (κ1) is 15.7. The van der Waals surface area contributed by atoms with E-state index in [-0.39, 0.29) is 17.8 Å². The number of hydrogen-bond donors (Lipinski definition) is 1. The maximum absolute atomic E-state index is 13.2. The second-order valence-corrected chi connectivity index (χ2v) is 5.27. The van der Waals surface area contributed by atoms with Gasteiger partial charge < -0.3 is 14.8 Å². The summed E-state index contributed by atoms with van der Waals surface area (Å²) in [5, 5.41) is 3.00. The van der Waals surface area contributed by atoms with Crippen LogP contribution in [0.3, 0.4) is 0 Å². The number of methoxy groups -OCH3 is 1. The number of esters is 1. The second kappa shape index (κ2) is 6.39. The highest BCUT2D eigenvalue weighted by atomic mass is 19.1. The Balaban J connectivity index is 2.12. The number of halogens is 2. The van der Waals surface area contributed by atoms with Crippen molar-refractivity contribution in [2.24, 2.45) is 0 Å². The minimum atomic E-state index is -0.802. The molecule has 1 aliphatic rings. The number of benzene rings is 1. The van der Waals surface area contributed by atoms with E-state index < -0.39 is 17.2 Å². The van der Waals surface area contributed by atoms with Gasteiger partial charge in [0.1, 0.15) is 29.0 Å². The van der Waals surface area contributed by atoms with Crippen LogP contribution < -0.4 is 10.1 Å². The molecule has 0 spiro atoms. The van der Waals surface area contributed by atoms with Crippen molar-refractivity contribution in [2.45, 2.75) is 37.3 Å². The fourth-order valence-corrected chi connectivity index (χ4v) is 2.82. The molecule has 0 saturated heterocycles. The molecular weight excluding hydrogens is 280 g/mol. The molecule has 1 aliphatic carbocycles. The summed E-state index contributed by atoms with van der Waals surface area (Å²) in [4.78, 5) is 12.0. The number of ether oxygens (including phenoxy) is 2. The van der Waals surface area contributed by atoms with Crippen LogP contribution in [-0.4, -0.2) is 31.8 Å². The summed E-state index contributed by atoms with van der Waals surface area (Å²) in [5.74, 6) is -1.58. The minimum Gasteiger partial charge on any atom is -0.490 e. The highest BCUT2D eigenvalue weighted by molar-refractivity contribution is 5.81. The summed E-state index contributed by atoms with van der Waals surface area (Å²) in [6.45, 7) is 0. The normalized spacial score (nSPS) is 25.4. The van der Waals surface area contributed by atoms with Gasteiger partial charge in [0.2, 0.25) is 0 Å². The van der Waals surface area contributed by atoms with E-state index in [1.54, 1.807) is 7.05 Å². The van der Waals surface area contributed by atoms with Crippen LogP contribution in [0.1, 0.15) is 25.7 Å². The Morgan fingerprint density at radius 2 is 2.00 bits per heavy atom. The van der Waals surface area contributed by atoms with Gasteiger partial charge in [-0.15, -0.1) is 0 Å². The molecule has 1 saturated carbocycles. The van der Waals surface area contributed by atoms with Crippen molar-refractivity contribution in [1.82, 2.24) is 5.32 Å². The van der Waals surface area contributed by atoms with Crippen LogP contribution >= 0.6 is 0 Å². The molecule has 0 aromatic heterocycles. The van der Waals surface area contributed by atoms with Gasteiger partial charge in [-0.05, 0) is 26.3 Å². The lowest BCUT2D eigenvalue weighted by atomic mass is 9.80. The Kier molecular flexibility index (Phi) is 4.77. The molecule has 0 bridgehead atoms. The maximum Gasteiger partial charge on any atom is 0.326 e. The lowest BCUT2D eigenvalue weighted by molar-refractivity contribution is -0.151. The highest BCUT2D eigenvalue weighted by Crippen LogP contribution is 2.32. The van der Waals surface area contributed by atoms with Crippen LogP contribution in [0.15, 0.2) is 18.2 Å². The molecule has 1 N–H and O–H groups in total. The molecule has 21 heavy (non-hydrogen) atoms. The predicted octanol–water partition coefficient (Wildman–Crippen LogP) is 2.42. The first-order chi connectivity index (χ1) is 9.99. The van der Waals surface area contributed by atoms with E-state index in [0.717, 1.165) is 31.0 Å². The van der Waals surface area contributed by atoms with Crippen molar-refractivity contribution in [1.29, 1.82) is 0 Å².